The standard InChI is InChI=1S/C20H31N7O/c1-15-18(16(2)24(4)22-15)14-25-8-10-26(11-9-25)19-6-5-7-27(20(19)28)17-12-21-23(3)13-17/h12-13,19H,5-11,14H2,1-4H3/t19-/m0/s1. The number of carbonyl (C=O) groups excluding carboxylic acids is 1. The van der Waals surface area contributed by atoms with Gasteiger partial charge in [0, 0.05) is 70.8 Å². The predicted octanol–water partition coefficient (Wildman–Crippen LogP) is 1.08. The number of piperidine rings is 1. The molecule has 0 aromatic carbocycles. The molecule has 2 fully saturated rings. The highest BCUT2D eigenvalue weighted by Gasteiger charge is 2.35. The zero-order valence-corrected chi connectivity index (χ0v) is 17.4. The van der Waals surface area contributed by atoms with Gasteiger partial charge in [0.05, 0.1) is 23.6 Å². The fourth-order valence-electron chi connectivity index (χ4n) is 4.50. The summed E-state index contributed by atoms with van der Waals surface area (Å²) in [5.74, 6) is 0.228. The van der Waals surface area contributed by atoms with Crippen molar-refractivity contribution in [1.82, 2.24) is 29.4 Å². The van der Waals surface area contributed by atoms with E-state index in [9.17, 15) is 4.79 Å². The summed E-state index contributed by atoms with van der Waals surface area (Å²) in [5.41, 5.74) is 4.62. The second-order valence-corrected chi connectivity index (χ2v) is 8.11. The van der Waals surface area contributed by atoms with Crippen LogP contribution in [0.2, 0.25) is 0 Å². The molecule has 0 unspecified atom stereocenters. The first-order valence-corrected chi connectivity index (χ1v) is 10.2. The van der Waals surface area contributed by atoms with Gasteiger partial charge in [0.2, 0.25) is 5.91 Å². The van der Waals surface area contributed by atoms with Gasteiger partial charge in [0.15, 0.2) is 0 Å². The molecule has 152 valence electrons. The van der Waals surface area contributed by atoms with E-state index in [0.717, 1.165) is 63.5 Å². The van der Waals surface area contributed by atoms with E-state index in [1.54, 1.807) is 10.9 Å². The summed E-state index contributed by atoms with van der Waals surface area (Å²) in [4.78, 5) is 19.9. The van der Waals surface area contributed by atoms with E-state index in [4.69, 9.17) is 0 Å². The lowest BCUT2D eigenvalue weighted by Crippen LogP contribution is -2.57. The summed E-state index contributed by atoms with van der Waals surface area (Å²) < 4.78 is 3.72. The lowest BCUT2D eigenvalue weighted by molar-refractivity contribution is -0.126. The Hall–Kier alpha value is -2.19. The molecule has 2 saturated heterocycles. The Balaban J connectivity index is 1.37. The lowest BCUT2D eigenvalue weighted by atomic mass is 10.0. The zero-order valence-electron chi connectivity index (χ0n) is 17.4. The van der Waals surface area contributed by atoms with Crippen LogP contribution in [0.1, 0.15) is 29.8 Å². The van der Waals surface area contributed by atoms with Gasteiger partial charge in [-0.25, -0.2) is 0 Å². The first-order valence-electron chi connectivity index (χ1n) is 10.2. The van der Waals surface area contributed by atoms with Crippen molar-refractivity contribution in [2.24, 2.45) is 14.1 Å². The SMILES string of the molecule is Cc1nn(C)c(C)c1CN1CCN([C@H]2CCCN(c3cnn(C)c3)C2=O)CC1. The van der Waals surface area contributed by atoms with Gasteiger partial charge in [0.1, 0.15) is 0 Å². The van der Waals surface area contributed by atoms with Gasteiger partial charge in [-0.2, -0.15) is 10.2 Å². The van der Waals surface area contributed by atoms with Crippen LogP contribution in [0.5, 0.6) is 0 Å². The molecule has 8 nitrogen and oxygen atoms in total. The van der Waals surface area contributed by atoms with Crippen LogP contribution >= 0.6 is 0 Å². The molecule has 0 N–H and O–H groups in total. The average Bonchev–Trinajstić information content (AvgIpc) is 3.21. The molecular weight excluding hydrogens is 354 g/mol. The van der Waals surface area contributed by atoms with Crippen LogP contribution < -0.4 is 4.90 Å². The average molecular weight is 386 g/mol. The number of anilines is 1. The lowest BCUT2D eigenvalue weighted by Gasteiger charge is -2.42. The van der Waals surface area contributed by atoms with Gasteiger partial charge in [-0.15, -0.1) is 0 Å². The molecule has 0 saturated carbocycles. The fourth-order valence-corrected chi connectivity index (χ4v) is 4.50. The molecule has 2 aromatic heterocycles. The quantitative estimate of drug-likeness (QED) is 0.788. The van der Waals surface area contributed by atoms with Crippen LogP contribution in [-0.2, 0) is 25.4 Å². The third-order valence-corrected chi connectivity index (χ3v) is 6.30. The molecule has 0 spiro atoms. The van der Waals surface area contributed by atoms with Crippen LogP contribution in [0, 0.1) is 13.8 Å². The van der Waals surface area contributed by atoms with Crippen molar-refractivity contribution in [1.29, 1.82) is 0 Å². The van der Waals surface area contributed by atoms with Crippen LogP contribution in [0.4, 0.5) is 5.69 Å². The molecule has 2 aliphatic heterocycles. The summed E-state index contributed by atoms with van der Waals surface area (Å²) >= 11 is 0. The number of rotatable bonds is 4. The predicted molar refractivity (Wildman–Crippen MR) is 108 cm³/mol. The number of aromatic nitrogens is 4. The largest absolute Gasteiger partial charge is 0.308 e. The highest BCUT2D eigenvalue weighted by Crippen LogP contribution is 2.24. The summed E-state index contributed by atoms with van der Waals surface area (Å²) in [6.07, 6.45) is 5.71. The van der Waals surface area contributed by atoms with Crippen molar-refractivity contribution in [2.45, 2.75) is 39.3 Å². The Kier molecular flexibility index (Phi) is 5.25. The monoisotopic (exact) mass is 385 g/mol. The maximum absolute atomic E-state index is 13.1. The van der Waals surface area contributed by atoms with Gasteiger partial charge in [-0.05, 0) is 26.7 Å². The highest BCUT2D eigenvalue weighted by atomic mass is 16.2. The molecule has 1 amide bonds. The number of nitrogens with zero attached hydrogens (tertiary/aromatic N) is 7. The molecule has 2 aromatic rings. The van der Waals surface area contributed by atoms with Crippen molar-refractivity contribution in [3.05, 3.63) is 29.3 Å². The molecule has 1 atom stereocenters. The molecule has 4 rings (SSSR count). The minimum absolute atomic E-state index is 0.00188. The van der Waals surface area contributed by atoms with Crippen molar-refractivity contribution in [2.75, 3.05) is 37.6 Å². The van der Waals surface area contributed by atoms with Crippen molar-refractivity contribution >= 4 is 11.6 Å². The van der Waals surface area contributed by atoms with Gasteiger partial charge >= 0.3 is 0 Å². The van der Waals surface area contributed by atoms with E-state index in [1.165, 1.54) is 11.3 Å². The summed E-state index contributed by atoms with van der Waals surface area (Å²) in [6, 6.07) is -0.00188. The van der Waals surface area contributed by atoms with Crippen LogP contribution in [0.3, 0.4) is 0 Å². The zero-order chi connectivity index (χ0) is 19.8. The molecular formula is C20H31N7O. The maximum atomic E-state index is 13.1. The minimum atomic E-state index is -0.00188. The minimum Gasteiger partial charge on any atom is -0.308 e. The third-order valence-electron chi connectivity index (χ3n) is 6.30. The summed E-state index contributed by atoms with van der Waals surface area (Å²) in [7, 11) is 3.90. The van der Waals surface area contributed by atoms with E-state index in [0.29, 0.717) is 0 Å². The summed E-state index contributed by atoms with van der Waals surface area (Å²) in [6.45, 7) is 9.83. The Morgan fingerprint density at radius 3 is 2.46 bits per heavy atom. The van der Waals surface area contributed by atoms with Crippen molar-refractivity contribution in [3.63, 3.8) is 0 Å². The van der Waals surface area contributed by atoms with Crippen molar-refractivity contribution in [3.8, 4) is 0 Å². The number of amides is 1. The van der Waals surface area contributed by atoms with E-state index >= 15 is 0 Å². The van der Waals surface area contributed by atoms with E-state index in [2.05, 4.69) is 33.8 Å². The molecule has 0 aliphatic carbocycles. The Morgan fingerprint density at radius 2 is 1.86 bits per heavy atom. The topological polar surface area (TPSA) is 62.4 Å². The van der Waals surface area contributed by atoms with Crippen LogP contribution in [-0.4, -0.2) is 74.0 Å². The molecule has 0 radical (unpaired) electrons. The summed E-state index contributed by atoms with van der Waals surface area (Å²) in [5, 5.41) is 8.76. The normalized spacial score (nSPS) is 22.2. The molecule has 2 aliphatic rings. The second-order valence-electron chi connectivity index (χ2n) is 8.11. The van der Waals surface area contributed by atoms with Crippen molar-refractivity contribution < 1.29 is 4.79 Å². The Morgan fingerprint density at radius 1 is 1.11 bits per heavy atom. The Bertz CT molecular complexity index is 847. The van der Waals surface area contributed by atoms with Gasteiger partial charge < -0.3 is 4.90 Å². The molecule has 8 heteroatoms. The smallest absolute Gasteiger partial charge is 0.244 e. The van der Waals surface area contributed by atoms with Gasteiger partial charge in [-0.1, -0.05) is 0 Å². The van der Waals surface area contributed by atoms with Crippen LogP contribution in [0.15, 0.2) is 12.4 Å². The van der Waals surface area contributed by atoms with E-state index < -0.39 is 0 Å². The number of carbonyl (C=O) groups is 1. The highest BCUT2D eigenvalue weighted by molar-refractivity contribution is 5.97. The van der Waals surface area contributed by atoms with E-state index in [-0.39, 0.29) is 11.9 Å². The third kappa shape index (κ3) is 3.58. The molecule has 28 heavy (non-hydrogen) atoms. The van der Waals surface area contributed by atoms with Gasteiger partial charge in [-0.3, -0.25) is 24.0 Å². The number of aryl methyl sites for hydroxylation is 3. The maximum Gasteiger partial charge on any atom is 0.244 e. The first kappa shape index (κ1) is 19.1. The van der Waals surface area contributed by atoms with E-state index in [1.807, 2.05) is 29.9 Å². The van der Waals surface area contributed by atoms with Crippen LogP contribution in [0.25, 0.3) is 0 Å². The van der Waals surface area contributed by atoms with Gasteiger partial charge in [0.25, 0.3) is 0 Å². The number of hydrogen-bond acceptors (Lipinski definition) is 5. The Labute approximate surface area is 166 Å². The molecule has 4 heterocycles. The fraction of sp³-hybridized carbons (Fsp3) is 0.650. The second kappa shape index (κ2) is 7.67. The molecule has 0 bridgehead atoms. The first-order chi connectivity index (χ1) is 13.4. The number of piperazine rings is 1. The number of hydrogen-bond donors (Lipinski definition) is 0.